The number of hydrogen-bond donors (Lipinski definition) is 1. The van der Waals surface area contributed by atoms with E-state index in [2.05, 4.69) is 0 Å². The SMILES string of the molecule is [2H]C([2H])(Oc1cc(C#N)ccc1C(F)(F)F)C(C#N)(NC(=O)c1ccc(SC(F)(F)F)cc1)[13C]([2H])([2H])[2H]. The number of benzene rings is 2. The van der Waals surface area contributed by atoms with E-state index < -0.39 is 70.7 Å². The molecule has 2 aromatic rings. The molecule has 0 aliphatic rings. The van der Waals surface area contributed by atoms with E-state index in [1.807, 2.05) is 0 Å². The van der Waals surface area contributed by atoms with Crippen LogP contribution in [0.2, 0.25) is 0 Å². The molecule has 12 heteroatoms. The minimum atomic E-state index is -5.14. The summed E-state index contributed by atoms with van der Waals surface area (Å²) in [6.07, 6.45) is -5.14. The van der Waals surface area contributed by atoms with Crippen LogP contribution in [-0.2, 0) is 6.18 Å². The number of alkyl halides is 6. The molecule has 0 aromatic heterocycles. The number of ether oxygens (including phenoxy) is 1. The first-order chi connectivity index (χ1) is 16.8. The van der Waals surface area contributed by atoms with E-state index >= 15 is 0 Å². The van der Waals surface area contributed by atoms with Crippen LogP contribution in [0.4, 0.5) is 26.3 Å². The number of nitriles is 2. The molecule has 1 unspecified atom stereocenters. The van der Waals surface area contributed by atoms with E-state index in [1.54, 1.807) is 5.32 Å². The summed E-state index contributed by atoms with van der Waals surface area (Å²) in [5, 5.41) is 20.3. The molecule has 5 nitrogen and oxygen atoms in total. The molecule has 0 aliphatic heterocycles. The van der Waals surface area contributed by atoms with Gasteiger partial charge in [-0.05, 0) is 61.1 Å². The molecule has 0 spiro atoms. The molecule has 0 saturated heterocycles. The Balaban J connectivity index is 2.53. The molecule has 1 amide bonds. The molecule has 0 aliphatic carbocycles. The minimum absolute atomic E-state index is 0.345. The van der Waals surface area contributed by atoms with Crippen molar-refractivity contribution in [3.8, 4) is 17.9 Å². The number of amides is 1. The van der Waals surface area contributed by atoms with Crippen LogP contribution in [0.3, 0.4) is 0 Å². The van der Waals surface area contributed by atoms with Crippen LogP contribution in [0, 0.1) is 22.7 Å². The Hall–Kier alpha value is -3.38. The number of halogens is 6. The highest BCUT2D eigenvalue weighted by molar-refractivity contribution is 8.00. The van der Waals surface area contributed by atoms with Gasteiger partial charge >= 0.3 is 11.7 Å². The second kappa shape index (κ2) is 9.40. The predicted molar refractivity (Wildman–Crippen MR) is 101 cm³/mol. The van der Waals surface area contributed by atoms with Crippen molar-refractivity contribution in [1.29, 1.82) is 10.5 Å². The summed E-state index contributed by atoms with van der Waals surface area (Å²) in [7, 11) is 0. The summed E-state index contributed by atoms with van der Waals surface area (Å²) in [6, 6.07) is 7.52. The molecule has 0 radical (unpaired) electrons. The number of carbonyl (C=O) groups excluding carboxylic acids is 1. The van der Waals surface area contributed by atoms with Gasteiger partial charge in [0, 0.05) is 14.6 Å². The van der Waals surface area contributed by atoms with Crippen LogP contribution in [-0.4, -0.2) is 23.5 Å². The molecular weight excluding hydrogens is 461 g/mol. The Bertz CT molecular complexity index is 1250. The monoisotopic (exact) mass is 479 g/mol. The largest absolute Gasteiger partial charge is 0.489 e. The maximum absolute atomic E-state index is 13.4. The van der Waals surface area contributed by atoms with E-state index in [0.29, 0.717) is 12.1 Å². The second-order valence-electron chi connectivity index (χ2n) is 5.91. The molecular formula is C20H13F6N3O2S. The van der Waals surface area contributed by atoms with Gasteiger partial charge in [-0.15, -0.1) is 0 Å². The average molecular weight is 479 g/mol. The quantitative estimate of drug-likeness (QED) is 0.346. The van der Waals surface area contributed by atoms with Crippen LogP contribution in [0.1, 0.15) is 35.2 Å². The fourth-order valence-electron chi connectivity index (χ4n) is 2.17. The third-order valence-corrected chi connectivity index (χ3v) is 4.29. The fraction of sp³-hybridized carbons (Fsp3) is 0.250. The van der Waals surface area contributed by atoms with Gasteiger partial charge in [0.1, 0.15) is 12.3 Å². The highest BCUT2D eigenvalue weighted by Crippen LogP contribution is 2.38. The average Bonchev–Trinajstić information content (AvgIpc) is 2.74. The summed E-state index contributed by atoms with van der Waals surface area (Å²) in [5.74, 6) is -2.78. The number of nitrogens with one attached hydrogen (secondary N) is 1. The molecule has 2 rings (SSSR count). The van der Waals surface area contributed by atoms with Gasteiger partial charge in [-0.2, -0.15) is 36.9 Å². The maximum Gasteiger partial charge on any atom is 0.446 e. The highest BCUT2D eigenvalue weighted by Gasteiger charge is 2.36. The molecule has 0 heterocycles. The van der Waals surface area contributed by atoms with Crippen LogP contribution in [0.25, 0.3) is 0 Å². The smallest absolute Gasteiger partial charge is 0.446 e. The van der Waals surface area contributed by atoms with Crippen LogP contribution in [0.15, 0.2) is 47.4 Å². The molecule has 0 fully saturated rings. The third-order valence-electron chi connectivity index (χ3n) is 3.55. The lowest BCUT2D eigenvalue weighted by molar-refractivity contribution is -0.139. The lowest BCUT2D eigenvalue weighted by Gasteiger charge is -2.24. The maximum atomic E-state index is 13.4. The number of hydrogen-bond acceptors (Lipinski definition) is 5. The minimum Gasteiger partial charge on any atom is -0.489 e. The van der Waals surface area contributed by atoms with Gasteiger partial charge in [-0.1, -0.05) is 0 Å². The highest BCUT2D eigenvalue weighted by atomic mass is 32.2. The zero-order chi connectivity index (χ0) is 28.4. The van der Waals surface area contributed by atoms with Gasteiger partial charge < -0.3 is 10.1 Å². The first-order valence-electron chi connectivity index (χ1n) is 10.7. The second-order valence-corrected chi connectivity index (χ2v) is 7.05. The van der Waals surface area contributed by atoms with E-state index in [4.69, 9.17) is 16.9 Å². The van der Waals surface area contributed by atoms with E-state index in [0.717, 1.165) is 36.4 Å². The van der Waals surface area contributed by atoms with Crippen molar-refractivity contribution in [2.75, 3.05) is 6.56 Å². The van der Waals surface area contributed by atoms with Gasteiger partial charge in [0.2, 0.25) is 0 Å². The Kier molecular flexibility index (Phi) is 5.35. The summed E-state index contributed by atoms with van der Waals surface area (Å²) >= 11 is -0.514. The van der Waals surface area contributed by atoms with Gasteiger partial charge in [0.05, 0.1) is 26.0 Å². The molecule has 168 valence electrons. The normalized spacial score (nSPS) is 16.6. The third kappa shape index (κ3) is 6.82. The number of thioether (sulfide) groups is 1. The first kappa shape index (κ1) is 18.2. The number of nitrogens with zero attached hydrogens (tertiary/aromatic N) is 2. The summed E-state index contributed by atoms with van der Waals surface area (Å²) < 4.78 is 122. The van der Waals surface area contributed by atoms with E-state index in [1.165, 1.54) is 6.07 Å². The molecule has 32 heavy (non-hydrogen) atoms. The van der Waals surface area contributed by atoms with Crippen LogP contribution < -0.4 is 10.1 Å². The Morgan fingerprint density at radius 3 is 2.31 bits per heavy atom. The topological polar surface area (TPSA) is 85.9 Å². The van der Waals surface area contributed by atoms with Crippen molar-refractivity contribution in [2.45, 2.75) is 29.0 Å². The van der Waals surface area contributed by atoms with Crippen molar-refractivity contribution >= 4 is 17.7 Å². The van der Waals surface area contributed by atoms with Crippen molar-refractivity contribution in [2.24, 2.45) is 0 Å². The Labute approximate surface area is 189 Å². The predicted octanol–water partition coefficient (Wildman–Crippen LogP) is 5.28. The molecule has 1 atom stereocenters. The van der Waals surface area contributed by atoms with Crippen molar-refractivity contribution in [3.63, 3.8) is 0 Å². The van der Waals surface area contributed by atoms with Gasteiger partial charge in [0.25, 0.3) is 5.91 Å². The first-order valence-corrected chi connectivity index (χ1v) is 8.98. The molecule has 1 N–H and O–H groups in total. The number of carbonyl (C=O) groups is 1. The van der Waals surface area contributed by atoms with Gasteiger partial charge in [-0.25, -0.2) is 0 Å². The summed E-state index contributed by atoms with van der Waals surface area (Å²) in [4.78, 5) is 12.4. The number of rotatable bonds is 6. The molecule has 2 aromatic carbocycles. The lowest BCUT2D eigenvalue weighted by Crippen LogP contribution is -2.49. The van der Waals surface area contributed by atoms with Crippen LogP contribution >= 0.6 is 11.8 Å². The zero-order valence-corrected chi connectivity index (χ0v) is 16.2. The van der Waals surface area contributed by atoms with Crippen molar-refractivity contribution in [1.82, 2.24) is 5.32 Å². The standard InChI is InChI=1S/C20H13F6N3O2S/c1-18(10-28,11-31-16-8-12(9-27)2-7-15(16)19(21,22)23)29-17(30)13-3-5-14(6-4-13)32-20(24,25)26/h2-8H,11H2,1H3,(H,29,30)/i1+1D3,11D2. The van der Waals surface area contributed by atoms with E-state index in [9.17, 15) is 36.4 Å². The Morgan fingerprint density at radius 1 is 1.16 bits per heavy atom. The molecule has 0 bridgehead atoms. The molecule has 0 saturated carbocycles. The van der Waals surface area contributed by atoms with Crippen molar-refractivity contribution in [3.05, 3.63) is 59.2 Å². The van der Waals surface area contributed by atoms with Gasteiger partial charge in [0.15, 0.2) is 5.54 Å². The lowest BCUT2D eigenvalue weighted by atomic mass is 10.1. The fourth-order valence-corrected chi connectivity index (χ4v) is 2.71. The zero-order valence-electron chi connectivity index (χ0n) is 20.4. The van der Waals surface area contributed by atoms with Crippen LogP contribution in [0.5, 0.6) is 5.75 Å². The van der Waals surface area contributed by atoms with Gasteiger partial charge in [-0.3, -0.25) is 4.79 Å². The summed E-state index contributed by atoms with van der Waals surface area (Å²) in [6.45, 7) is -7.62. The van der Waals surface area contributed by atoms with E-state index in [-0.39, 0.29) is 4.90 Å². The van der Waals surface area contributed by atoms with Crippen molar-refractivity contribution < 1.29 is 42.7 Å². The Morgan fingerprint density at radius 2 is 1.81 bits per heavy atom. The summed E-state index contributed by atoms with van der Waals surface area (Å²) in [5.41, 5.74) is -10.8.